The van der Waals surface area contributed by atoms with Crippen molar-refractivity contribution in [2.45, 2.75) is 67.2 Å². The van der Waals surface area contributed by atoms with Gasteiger partial charge in [0.2, 0.25) is 0 Å². The molecule has 0 spiro atoms. The minimum absolute atomic E-state index is 0.153. The predicted octanol–water partition coefficient (Wildman–Crippen LogP) is 6.56. The number of alkyl halides is 1. The fourth-order valence-electron chi connectivity index (χ4n) is 4.41. The van der Waals surface area contributed by atoms with Gasteiger partial charge in [0.1, 0.15) is 22.9 Å². The molecule has 2 amide bonds. The second-order valence-corrected chi connectivity index (χ2v) is 12.4. The number of hydrogen-bond donors (Lipinski definition) is 3. The van der Waals surface area contributed by atoms with Gasteiger partial charge in [-0.2, -0.15) is 0 Å². The Morgan fingerprint density at radius 3 is 2.61 bits per heavy atom. The second kappa shape index (κ2) is 12.7. The maximum absolute atomic E-state index is 13.8. The smallest absolute Gasteiger partial charge is 0.267 e. The number of hydrazine groups is 1. The summed E-state index contributed by atoms with van der Waals surface area (Å²) in [4.78, 5) is 31.8. The lowest BCUT2D eigenvalue weighted by molar-refractivity contribution is -0.124. The molecule has 0 aromatic heterocycles. The molecule has 38 heavy (non-hydrogen) atoms. The first kappa shape index (κ1) is 29.3. The van der Waals surface area contributed by atoms with Crippen molar-refractivity contribution in [2.24, 2.45) is 10.9 Å². The van der Waals surface area contributed by atoms with Crippen LogP contribution in [0.15, 0.2) is 46.3 Å². The molecule has 1 aliphatic heterocycles. The van der Waals surface area contributed by atoms with Crippen LogP contribution in [0.4, 0.5) is 11.4 Å². The number of hydrogen-bond acceptors (Lipinski definition) is 5. The molecule has 1 saturated carbocycles. The van der Waals surface area contributed by atoms with Gasteiger partial charge < -0.3 is 10.4 Å². The monoisotopic (exact) mass is 616 g/mol. The molecule has 5 unspecified atom stereocenters. The van der Waals surface area contributed by atoms with Gasteiger partial charge in [-0.1, -0.05) is 60.8 Å². The molecule has 1 heterocycles. The van der Waals surface area contributed by atoms with E-state index in [0.29, 0.717) is 27.4 Å². The lowest BCUT2D eigenvalue weighted by atomic mass is 9.87. The number of carbonyl (C=O) groups is 2. The Hall–Kier alpha value is -1.68. The van der Waals surface area contributed by atoms with Crippen molar-refractivity contribution in [2.75, 3.05) is 10.3 Å². The van der Waals surface area contributed by atoms with Crippen LogP contribution in [0, 0.1) is 5.92 Å². The molecule has 1 saturated heterocycles. The molecule has 0 radical (unpaired) electrons. The second-order valence-electron chi connectivity index (χ2n) is 9.43. The first-order valence-electron chi connectivity index (χ1n) is 12.3. The van der Waals surface area contributed by atoms with E-state index >= 15 is 0 Å². The zero-order chi connectivity index (χ0) is 27.6. The number of nitrogens with one attached hydrogen (secondary N) is 2. The molecule has 204 valence electrons. The van der Waals surface area contributed by atoms with Gasteiger partial charge in [-0.25, -0.2) is 5.01 Å². The molecule has 3 N–H and O–H groups in total. The van der Waals surface area contributed by atoms with Gasteiger partial charge in [-0.3, -0.25) is 20.0 Å². The van der Waals surface area contributed by atoms with E-state index in [1.807, 2.05) is 0 Å². The van der Waals surface area contributed by atoms with Crippen LogP contribution in [0.3, 0.4) is 0 Å². The van der Waals surface area contributed by atoms with Crippen LogP contribution in [0.25, 0.3) is 0 Å². The Morgan fingerprint density at radius 1 is 1.24 bits per heavy atom. The molecule has 1 aliphatic carbocycles. The summed E-state index contributed by atoms with van der Waals surface area (Å²) in [6, 6.07) is 9.93. The molecule has 0 bridgehead atoms. The maximum atomic E-state index is 13.8. The average molecular weight is 618 g/mol. The fraction of sp³-hybridized carbons (Fsp3) is 0.423. The summed E-state index contributed by atoms with van der Waals surface area (Å²) in [7, 11) is 0. The normalized spacial score (nSPS) is 25.4. The van der Waals surface area contributed by atoms with E-state index in [9.17, 15) is 14.7 Å². The van der Waals surface area contributed by atoms with Gasteiger partial charge in [0, 0.05) is 9.92 Å². The number of carbonyl (C=O) groups excluding carboxylic acids is 2. The van der Waals surface area contributed by atoms with Crippen molar-refractivity contribution in [3.63, 3.8) is 0 Å². The number of aliphatic imine (C=N–C) groups is 1. The zero-order valence-corrected chi connectivity index (χ0v) is 24.6. The number of amides is 2. The molecule has 12 heteroatoms. The number of anilines is 2. The third-order valence-electron chi connectivity index (χ3n) is 6.51. The number of aliphatic hydroxyl groups excluding tert-OH is 1. The Balaban J connectivity index is 1.71. The van der Waals surface area contributed by atoms with Gasteiger partial charge in [0.25, 0.3) is 11.8 Å². The fourth-order valence-corrected chi connectivity index (χ4v) is 6.77. The molecule has 2 aliphatic rings. The van der Waals surface area contributed by atoms with Crippen molar-refractivity contribution in [1.29, 1.82) is 0 Å². The molecule has 2 aromatic rings. The molecule has 7 nitrogen and oxygen atoms in total. The van der Waals surface area contributed by atoms with Gasteiger partial charge in [0.15, 0.2) is 0 Å². The topological polar surface area (TPSA) is 94.0 Å². The summed E-state index contributed by atoms with van der Waals surface area (Å²) in [6.07, 6.45) is 1.80. The van der Waals surface area contributed by atoms with Crippen LogP contribution < -0.4 is 15.8 Å². The number of aliphatic hydroxyl groups is 1. The van der Waals surface area contributed by atoms with Crippen molar-refractivity contribution in [3.8, 4) is 0 Å². The number of amidine groups is 1. The standard InChI is InChI=1S/C26H28Cl4N4O3S/c1-3-20(35)25(36)32-18-6-4-5-7-21(18)38-23-24(31-19-10-13(2)8-9-15(19)28)33-34(26(23)37)22-16(29)11-14(27)12-17(22)30/h4-7,11-13,15,19-20,23,35H,3,8-10H2,1-2H3,(H,31,33)(H,32,36). The van der Waals surface area contributed by atoms with Gasteiger partial charge in [0.05, 0.1) is 27.2 Å². The van der Waals surface area contributed by atoms with E-state index in [-0.39, 0.29) is 39.5 Å². The molecule has 4 rings (SSSR count). The quantitative estimate of drug-likeness (QED) is 0.306. The predicted molar refractivity (Wildman–Crippen MR) is 157 cm³/mol. The van der Waals surface area contributed by atoms with Crippen LogP contribution in [-0.4, -0.2) is 45.5 Å². The Kier molecular flexibility index (Phi) is 9.77. The van der Waals surface area contributed by atoms with Crippen LogP contribution in [0.2, 0.25) is 15.1 Å². The minimum Gasteiger partial charge on any atom is -0.383 e. The summed E-state index contributed by atoms with van der Waals surface area (Å²) >= 11 is 26.9. The first-order chi connectivity index (χ1) is 18.1. The van der Waals surface area contributed by atoms with Gasteiger partial charge >= 0.3 is 0 Å². The van der Waals surface area contributed by atoms with Crippen molar-refractivity contribution < 1.29 is 14.7 Å². The highest BCUT2D eigenvalue weighted by molar-refractivity contribution is 8.01. The van der Waals surface area contributed by atoms with Crippen LogP contribution in [-0.2, 0) is 9.59 Å². The van der Waals surface area contributed by atoms with E-state index < -0.39 is 17.3 Å². The van der Waals surface area contributed by atoms with Crippen molar-refractivity contribution in [1.82, 2.24) is 5.43 Å². The van der Waals surface area contributed by atoms with E-state index in [0.717, 1.165) is 19.3 Å². The average Bonchev–Trinajstić information content (AvgIpc) is 3.15. The largest absolute Gasteiger partial charge is 0.383 e. The highest BCUT2D eigenvalue weighted by Gasteiger charge is 2.42. The SMILES string of the molecule is CCC(O)C(=O)Nc1ccccc1SC1C(=O)N(c2c(Cl)cc(Cl)cc2Cl)NC1=NC1CC(C)CCC1Cl. The number of nitrogens with zero attached hydrogens (tertiary/aromatic N) is 2. The molecular weight excluding hydrogens is 590 g/mol. The molecule has 5 atom stereocenters. The first-order valence-corrected chi connectivity index (χ1v) is 14.8. The number of halogens is 4. The van der Waals surface area contributed by atoms with Crippen molar-refractivity contribution >= 4 is 87.2 Å². The lowest BCUT2D eigenvalue weighted by Crippen LogP contribution is -2.37. The summed E-state index contributed by atoms with van der Waals surface area (Å²) in [5, 5.41) is 13.8. The highest BCUT2D eigenvalue weighted by atomic mass is 35.5. The van der Waals surface area contributed by atoms with Crippen molar-refractivity contribution in [3.05, 3.63) is 51.5 Å². The third kappa shape index (κ3) is 6.54. The summed E-state index contributed by atoms with van der Waals surface area (Å²) < 4.78 is 0. The van der Waals surface area contributed by atoms with E-state index in [1.165, 1.54) is 28.9 Å². The summed E-state index contributed by atoms with van der Waals surface area (Å²) in [5.74, 6) is 0.0127. The molecule has 2 aromatic carbocycles. The zero-order valence-electron chi connectivity index (χ0n) is 20.8. The third-order valence-corrected chi connectivity index (χ3v) is 9.08. The van der Waals surface area contributed by atoms with Crippen LogP contribution in [0.1, 0.15) is 39.5 Å². The summed E-state index contributed by atoms with van der Waals surface area (Å²) in [5.41, 5.74) is 3.86. The van der Waals surface area contributed by atoms with E-state index in [1.54, 1.807) is 31.2 Å². The number of benzene rings is 2. The van der Waals surface area contributed by atoms with Gasteiger partial charge in [-0.05, 0) is 55.9 Å². The minimum atomic E-state index is -1.14. The lowest BCUT2D eigenvalue weighted by Gasteiger charge is -2.29. The summed E-state index contributed by atoms with van der Waals surface area (Å²) in [6.45, 7) is 3.88. The Morgan fingerprint density at radius 2 is 1.92 bits per heavy atom. The number of thioether (sulfide) groups is 1. The molecule has 2 fully saturated rings. The van der Waals surface area contributed by atoms with E-state index in [4.69, 9.17) is 51.4 Å². The van der Waals surface area contributed by atoms with E-state index in [2.05, 4.69) is 17.7 Å². The Bertz CT molecular complexity index is 1220. The Labute approximate surface area is 246 Å². The maximum Gasteiger partial charge on any atom is 0.267 e. The van der Waals surface area contributed by atoms with Gasteiger partial charge in [-0.15, -0.1) is 23.4 Å². The molecular formula is C26H28Cl4N4O3S. The highest BCUT2D eigenvalue weighted by Crippen LogP contribution is 2.41. The number of para-hydroxylation sites is 1. The number of rotatable bonds is 7. The van der Waals surface area contributed by atoms with Crippen LogP contribution >= 0.6 is 58.2 Å². The van der Waals surface area contributed by atoms with Crippen LogP contribution in [0.5, 0.6) is 0 Å².